The minimum absolute atomic E-state index is 0.0139. The van der Waals surface area contributed by atoms with Gasteiger partial charge in [-0.05, 0) is 37.1 Å². The van der Waals surface area contributed by atoms with Crippen LogP contribution in [0.25, 0.3) is 0 Å². The second-order valence-corrected chi connectivity index (χ2v) is 8.62. The van der Waals surface area contributed by atoms with Gasteiger partial charge < -0.3 is 18.6 Å². The normalized spacial score (nSPS) is 16.4. The van der Waals surface area contributed by atoms with Gasteiger partial charge in [-0.2, -0.15) is 0 Å². The Morgan fingerprint density at radius 1 is 1.27 bits per heavy atom. The maximum Gasteiger partial charge on any atom is 0.374 e. The summed E-state index contributed by atoms with van der Waals surface area (Å²) < 4.78 is 47.9. The van der Waals surface area contributed by atoms with Crippen LogP contribution < -0.4 is 4.72 Å². The average molecular weight is 458 g/mol. The Bertz CT molecular complexity index is 1030. The summed E-state index contributed by atoms with van der Waals surface area (Å²) in [7, 11) is -2.76. The summed E-state index contributed by atoms with van der Waals surface area (Å²) in [5.74, 6) is -1.58. The van der Waals surface area contributed by atoms with Gasteiger partial charge in [-0.3, -0.25) is 0 Å². The SMILES string of the molecule is COC(=O)c1occc1COC(=O)c1ccc(Cl)c(S(=O)(=O)NCC2CCCO2)c1. The first-order valence-corrected chi connectivity index (χ1v) is 10.9. The van der Waals surface area contributed by atoms with Gasteiger partial charge >= 0.3 is 11.9 Å². The lowest BCUT2D eigenvalue weighted by Crippen LogP contribution is -2.32. The Morgan fingerprint density at radius 2 is 2.07 bits per heavy atom. The molecule has 1 fully saturated rings. The van der Waals surface area contributed by atoms with Gasteiger partial charge in [0.1, 0.15) is 11.5 Å². The highest BCUT2D eigenvalue weighted by molar-refractivity contribution is 7.89. The summed E-state index contributed by atoms with van der Waals surface area (Å²) in [4.78, 5) is 23.8. The summed E-state index contributed by atoms with van der Waals surface area (Å²) in [6, 6.07) is 5.25. The van der Waals surface area contributed by atoms with Crippen molar-refractivity contribution >= 4 is 33.6 Å². The number of nitrogens with one attached hydrogen (secondary N) is 1. The molecule has 1 aromatic heterocycles. The van der Waals surface area contributed by atoms with Crippen molar-refractivity contribution < 1.29 is 36.6 Å². The van der Waals surface area contributed by atoms with Crippen molar-refractivity contribution in [2.24, 2.45) is 0 Å². The molecule has 0 spiro atoms. The number of esters is 2. The van der Waals surface area contributed by atoms with Gasteiger partial charge in [-0.1, -0.05) is 11.6 Å². The smallest absolute Gasteiger partial charge is 0.374 e. The lowest BCUT2D eigenvalue weighted by molar-refractivity contribution is 0.0453. The maximum atomic E-state index is 12.6. The quantitative estimate of drug-likeness (QED) is 0.600. The first-order valence-electron chi connectivity index (χ1n) is 9.04. The third-order valence-corrected chi connectivity index (χ3v) is 6.36. The number of sulfonamides is 1. The van der Waals surface area contributed by atoms with Crippen LogP contribution in [0.4, 0.5) is 0 Å². The summed E-state index contributed by atoms with van der Waals surface area (Å²) in [5, 5.41) is -0.0331. The van der Waals surface area contributed by atoms with E-state index in [1.165, 1.54) is 31.6 Å². The molecule has 11 heteroatoms. The molecular formula is C19H20ClNO8S. The number of hydrogen-bond acceptors (Lipinski definition) is 8. The fourth-order valence-electron chi connectivity index (χ4n) is 2.87. The zero-order chi connectivity index (χ0) is 21.7. The molecule has 9 nitrogen and oxygen atoms in total. The van der Waals surface area contributed by atoms with Crippen LogP contribution in [-0.2, 0) is 30.8 Å². The molecule has 1 aliphatic rings. The van der Waals surface area contributed by atoms with Crippen LogP contribution in [0.1, 0.15) is 39.3 Å². The highest BCUT2D eigenvalue weighted by atomic mass is 35.5. The molecule has 30 heavy (non-hydrogen) atoms. The number of furan rings is 1. The number of carbonyl (C=O) groups excluding carboxylic acids is 2. The van der Waals surface area contributed by atoms with E-state index in [2.05, 4.69) is 9.46 Å². The lowest BCUT2D eigenvalue weighted by Gasteiger charge is -2.13. The largest absolute Gasteiger partial charge is 0.463 e. The van der Waals surface area contributed by atoms with Gasteiger partial charge in [0.25, 0.3) is 0 Å². The third-order valence-electron chi connectivity index (χ3n) is 4.46. The van der Waals surface area contributed by atoms with Crippen molar-refractivity contribution in [2.75, 3.05) is 20.3 Å². The van der Waals surface area contributed by atoms with Crippen molar-refractivity contribution in [3.63, 3.8) is 0 Å². The molecule has 0 saturated carbocycles. The zero-order valence-electron chi connectivity index (χ0n) is 16.1. The predicted octanol–water partition coefficient (Wildman–Crippen LogP) is 2.53. The van der Waals surface area contributed by atoms with Crippen LogP contribution in [0.5, 0.6) is 0 Å². The molecule has 162 valence electrons. The molecule has 2 heterocycles. The summed E-state index contributed by atoms with van der Waals surface area (Å²) in [6.45, 7) is 0.453. The molecule has 0 bridgehead atoms. The molecule has 0 radical (unpaired) electrons. The van der Waals surface area contributed by atoms with Crippen molar-refractivity contribution in [2.45, 2.75) is 30.4 Å². The van der Waals surface area contributed by atoms with Crippen LogP contribution >= 0.6 is 11.6 Å². The van der Waals surface area contributed by atoms with Crippen molar-refractivity contribution in [3.8, 4) is 0 Å². The second-order valence-electron chi connectivity index (χ2n) is 6.47. The summed E-state index contributed by atoms with van der Waals surface area (Å²) in [5.41, 5.74) is 0.301. The van der Waals surface area contributed by atoms with Crippen molar-refractivity contribution in [1.29, 1.82) is 0 Å². The summed E-state index contributed by atoms with van der Waals surface area (Å²) >= 11 is 6.04. The van der Waals surface area contributed by atoms with Gasteiger partial charge in [0, 0.05) is 18.7 Å². The molecule has 1 atom stereocenters. The van der Waals surface area contributed by atoms with E-state index < -0.39 is 22.0 Å². The Balaban J connectivity index is 1.70. The average Bonchev–Trinajstić information content (AvgIpc) is 3.42. The Morgan fingerprint density at radius 3 is 2.77 bits per heavy atom. The lowest BCUT2D eigenvalue weighted by atomic mass is 10.2. The molecule has 1 unspecified atom stereocenters. The number of hydrogen-bond donors (Lipinski definition) is 1. The van der Waals surface area contributed by atoms with E-state index in [1.54, 1.807) is 0 Å². The van der Waals surface area contributed by atoms with Crippen LogP contribution in [0, 0.1) is 0 Å². The van der Waals surface area contributed by atoms with Crippen LogP contribution in [0.3, 0.4) is 0 Å². The second kappa shape index (κ2) is 9.61. The van der Waals surface area contributed by atoms with E-state index in [-0.39, 0.29) is 40.5 Å². The fourth-order valence-corrected chi connectivity index (χ4v) is 4.46. The maximum absolute atomic E-state index is 12.6. The van der Waals surface area contributed by atoms with E-state index in [0.717, 1.165) is 18.9 Å². The van der Waals surface area contributed by atoms with Crippen LogP contribution in [0.2, 0.25) is 5.02 Å². The molecule has 1 saturated heterocycles. The predicted molar refractivity (Wildman–Crippen MR) is 105 cm³/mol. The fraction of sp³-hybridized carbons (Fsp3) is 0.368. The van der Waals surface area contributed by atoms with Crippen LogP contribution in [0.15, 0.2) is 39.8 Å². The van der Waals surface area contributed by atoms with Crippen LogP contribution in [-0.4, -0.2) is 46.7 Å². The first-order chi connectivity index (χ1) is 14.3. The van der Waals surface area contributed by atoms with E-state index in [1.807, 2.05) is 0 Å². The number of benzene rings is 1. The van der Waals surface area contributed by atoms with E-state index in [4.69, 9.17) is 25.5 Å². The first kappa shape index (κ1) is 22.3. The highest BCUT2D eigenvalue weighted by Gasteiger charge is 2.24. The molecular weight excluding hydrogens is 438 g/mol. The molecule has 2 aromatic rings. The minimum Gasteiger partial charge on any atom is -0.463 e. The molecule has 3 rings (SSSR count). The standard InChI is InChI=1S/C19H20ClNO8S/c1-26-19(23)17-13(6-8-28-17)11-29-18(22)12-4-5-15(20)16(9-12)30(24,25)21-10-14-3-2-7-27-14/h4-6,8-9,14,21H,2-3,7,10-11H2,1H3. The van der Waals surface area contributed by atoms with E-state index in [9.17, 15) is 18.0 Å². The molecule has 0 aliphatic carbocycles. The van der Waals surface area contributed by atoms with Gasteiger partial charge in [-0.25, -0.2) is 22.7 Å². The van der Waals surface area contributed by atoms with E-state index in [0.29, 0.717) is 12.2 Å². The highest BCUT2D eigenvalue weighted by Crippen LogP contribution is 2.24. The Hall–Kier alpha value is -2.40. The summed E-state index contributed by atoms with van der Waals surface area (Å²) in [6.07, 6.45) is 2.72. The molecule has 1 aromatic carbocycles. The van der Waals surface area contributed by atoms with Crippen molar-refractivity contribution in [3.05, 3.63) is 52.4 Å². The number of ether oxygens (including phenoxy) is 3. The van der Waals surface area contributed by atoms with Crippen molar-refractivity contribution in [1.82, 2.24) is 4.72 Å². The van der Waals surface area contributed by atoms with E-state index >= 15 is 0 Å². The van der Waals surface area contributed by atoms with Gasteiger partial charge in [0.15, 0.2) is 0 Å². The zero-order valence-corrected chi connectivity index (χ0v) is 17.6. The number of rotatable bonds is 8. The molecule has 1 aliphatic heterocycles. The third kappa shape index (κ3) is 5.20. The van der Waals surface area contributed by atoms with Gasteiger partial charge in [0.05, 0.1) is 30.1 Å². The monoisotopic (exact) mass is 457 g/mol. The number of halogens is 1. The van der Waals surface area contributed by atoms with Gasteiger partial charge in [0.2, 0.25) is 15.8 Å². The minimum atomic E-state index is -3.96. The number of methoxy groups -OCH3 is 1. The Kier molecular flexibility index (Phi) is 7.14. The topological polar surface area (TPSA) is 121 Å². The number of carbonyl (C=O) groups is 2. The molecule has 1 N–H and O–H groups in total. The molecule has 0 amide bonds. The Labute approximate surface area is 178 Å². The van der Waals surface area contributed by atoms with Gasteiger partial charge in [-0.15, -0.1) is 0 Å².